The van der Waals surface area contributed by atoms with Gasteiger partial charge in [-0.15, -0.1) is 0 Å². The Hall–Kier alpha value is -3.42. The van der Waals surface area contributed by atoms with E-state index >= 15 is 0 Å². The van der Waals surface area contributed by atoms with Crippen LogP contribution in [0.2, 0.25) is 0 Å². The third-order valence-corrected chi connectivity index (χ3v) is 6.01. The summed E-state index contributed by atoms with van der Waals surface area (Å²) in [6, 6.07) is 10.2. The van der Waals surface area contributed by atoms with Crippen molar-refractivity contribution in [2.75, 3.05) is 0 Å². The highest BCUT2D eigenvalue weighted by molar-refractivity contribution is 5.92. The Bertz CT molecular complexity index is 1160. The molecule has 4 rings (SSSR count). The number of carbonyl (C=O) groups is 1. The van der Waals surface area contributed by atoms with Crippen LogP contribution in [0.15, 0.2) is 41.3 Å². The van der Waals surface area contributed by atoms with Gasteiger partial charge in [-0.05, 0) is 38.3 Å². The zero-order valence-electron chi connectivity index (χ0n) is 17.8. The van der Waals surface area contributed by atoms with E-state index in [0.717, 1.165) is 31.4 Å². The molecule has 0 unspecified atom stereocenters. The van der Waals surface area contributed by atoms with Crippen LogP contribution in [0.5, 0.6) is 5.75 Å². The maximum absolute atomic E-state index is 12.6. The largest absolute Gasteiger partial charge is 0.503 e. The van der Waals surface area contributed by atoms with Crippen LogP contribution in [-0.4, -0.2) is 31.0 Å². The Balaban J connectivity index is 1.61. The second kappa shape index (κ2) is 8.37. The maximum atomic E-state index is 12.6. The summed E-state index contributed by atoms with van der Waals surface area (Å²) >= 11 is 0. The second-order valence-corrected chi connectivity index (χ2v) is 8.47. The molecule has 31 heavy (non-hydrogen) atoms. The number of aromatic hydroxyl groups is 1. The number of aromatic nitrogens is 4. The molecule has 1 fully saturated rings. The molecule has 0 aliphatic heterocycles. The molecule has 0 spiro atoms. The minimum atomic E-state index is -0.775. The van der Waals surface area contributed by atoms with Crippen molar-refractivity contribution in [2.24, 2.45) is 0 Å². The van der Waals surface area contributed by atoms with Gasteiger partial charge >= 0.3 is 0 Å². The van der Waals surface area contributed by atoms with Crippen LogP contribution in [0.1, 0.15) is 58.7 Å². The smallest absolute Gasteiger partial charge is 0.276 e. The van der Waals surface area contributed by atoms with E-state index in [1.807, 2.05) is 6.92 Å². The Kier molecular flexibility index (Phi) is 5.63. The van der Waals surface area contributed by atoms with E-state index < -0.39 is 17.1 Å². The van der Waals surface area contributed by atoms with Gasteiger partial charge in [0.15, 0.2) is 11.4 Å². The molecule has 0 radical (unpaired) electrons. The van der Waals surface area contributed by atoms with Gasteiger partial charge in [-0.2, -0.15) is 10.2 Å². The van der Waals surface area contributed by atoms with Crippen molar-refractivity contribution >= 4 is 5.91 Å². The van der Waals surface area contributed by atoms with Gasteiger partial charge < -0.3 is 10.4 Å². The van der Waals surface area contributed by atoms with Crippen LogP contribution in [-0.2, 0) is 18.5 Å². The highest BCUT2D eigenvalue weighted by atomic mass is 16.3. The molecule has 162 valence electrons. The van der Waals surface area contributed by atoms with E-state index in [1.54, 1.807) is 6.07 Å². The monoisotopic (exact) mass is 421 g/mol. The molecular weight excluding hydrogens is 394 g/mol. The van der Waals surface area contributed by atoms with Crippen molar-refractivity contribution in [3.8, 4) is 5.75 Å². The quantitative estimate of drug-likeness (QED) is 0.566. The van der Waals surface area contributed by atoms with E-state index in [-0.39, 0.29) is 17.7 Å². The Morgan fingerprint density at radius 1 is 1.26 bits per heavy atom. The molecule has 0 atom stereocenters. The van der Waals surface area contributed by atoms with Crippen molar-refractivity contribution in [2.45, 2.75) is 58.0 Å². The SMILES string of the molecule is Cc1cccc(C2(Cn3cc(O)c(=O)c(C(=O)NCc4cc(C)[nH]n4)n3)CCCC2)c1. The topological polar surface area (TPSA) is 113 Å². The summed E-state index contributed by atoms with van der Waals surface area (Å²) in [5.74, 6) is -1.11. The van der Waals surface area contributed by atoms with Gasteiger partial charge in [0, 0.05) is 11.1 Å². The minimum absolute atomic E-state index is 0.138. The molecule has 1 aromatic carbocycles. The third-order valence-electron chi connectivity index (χ3n) is 6.01. The number of H-pyrrole nitrogens is 1. The first-order valence-corrected chi connectivity index (χ1v) is 10.5. The summed E-state index contributed by atoms with van der Waals surface area (Å²) in [6.07, 6.45) is 5.52. The summed E-state index contributed by atoms with van der Waals surface area (Å²) in [5.41, 5.74) is 2.71. The number of aryl methyl sites for hydroxylation is 2. The van der Waals surface area contributed by atoms with E-state index in [9.17, 15) is 14.7 Å². The van der Waals surface area contributed by atoms with Crippen LogP contribution in [0.25, 0.3) is 0 Å². The highest BCUT2D eigenvalue weighted by Crippen LogP contribution is 2.42. The zero-order valence-corrected chi connectivity index (χ0v) is 17.8. The molecular formula is C23H27N5O3. The number of hydrogen-bond acceptors (Lipinski definition) is 5. The van der Waals surface area contributed by atoms with Crippen LogP contribution >= 0.6 is 0 Å². The number of nitrogens with one attached hydrogen (secondary N) is 2. The van der Waals surface area contributed by atoms with E-state index in [4.69, 9.17) is 0 Å². The average molecular weight is 422 g/mol. The van der Waals surface area contributed by atoms with E-state index in [0.29, 0.717) is 12.2 Å². The summed E-state index contributed by atoms with van der Waals surface area (Å²) in [4.78, 5) is 25.0. The van der Waals surface area contributed by atoms with Crippen molar-refractivity contribution in [1.29, 1.82) is 0 Å². The molecule has 1 aliphatic carbocycles. The van der Waals surface area contributed by atoms with Gasteiger partial charge in [0.25, 0.3) is 11.3 Å². The number of hydrogen-bond donors (Lipinski definition) is 3. The number of benzene rings is 1. The summed E-state index contributed by atoms with van der Waals surface area (Å²) in [6.45, 7) is 4.58. The van der Waals surface area contributed by atoms with Gasteiger partial charge in [0.2, 0.25) is 0 Å². The fourth-order valence-corrected chi connectivity index (χ4v) is 4.45. The Morgan fingerprint density at radius 2 is 2.03 bits per heavy atom. The van der Waals surface area contributed by atoms with Gasteiger partial charge in [0.1, 0.15) is 0 Å². The molecule has 1 aliphatic rings. The summed E-state index contributed by atoms with van der Waals surface area (Å²) in [7, 11) is 0. The number of nitrogens with zero attached hydrogens (tertiary/aromatic N) is 3. The zero-order chi connectivity index (χ0) is 22.0. The van der Waals surface area contributed by atoms with Crippen LogP contribution < -0.4 is 10.7 Å². The molecule has 8 nitrogen and oxygen atoms in total. The van der Waals surface area contributed by atoms with E-state index in [1.165, 1.54) is 22.0 Å². The predicted octanol–water partition coefficient (Wildman–Crippen LogP) is 2.73. The summed E-state index contributed by atoms with van der Waals surface area (Å²) < 4.78 is 1.54. The van der Waals surface area contributed by atoms with Gasteiger partial charge in [0.05, 0.1) is 25.0 Å². The second-order valence-electron chi connectivity index (χ2n) is 8.47. The van der Waals surface area contributed by atoms with Crippen molar-refractivity contribution in [3.63, 3.8) is 0 Å². The number of carbonyl (C=O) groups excluding carboxylic acids is 1. The lowest BCUT2D eigenvalue weighted by Gasteiger charge is -2.30. The first kappa shape index (κ1) is 20.8. The lowest BCUT2D eigenvalue weighted by molar-refractivity contribution is 0.0940. The molecule has 2 heterocycles. The molecule has 1 amide bonds. The summed E-state index contributed by atoms with van der Waals surface area (Å²) in [5, 5.41) is 24.1. The first-order valence-electron chi connectivity index (χ1n) is 10.5. The predicted molar refractivity (Wildman–Crippen MR) is 116 cm³/mol. The lowest BCUT2D eigenvalue weighted by Crippen LogP contribution is -2.34. The standard InChI is InChI=1S/C23H27N5O3/c1-15-6-5-7-17(10-15)23(8-3-4-9-23)14-28-13-19(29)21(30)20(27-28)22(31)24-12-18-11-16(2)25-26-18/h5-7,10-11,13,29H,3-4,8-9,12,14H2,1-2H3,(H,24,31)(H,25,26). The van der Waals surface area contributed by atoms with Crippen molar-refractivity contribution in [1.82, 2.24) is 25.3 Å². The Morgan fingerprint density at radius 3 is 2.71 bits per heavy atom. The Labute approximate surface area is 180 Å². The third kappa shape index (κ3) is 4.38. The molecule has 8 heteroatoms. The van der Waals surface area contributed by atoms with E-state index in [2.05, 4.69) is 51.8 Å². The van der Waals surface area contributed by atoms with Crippen LogP contribution in [0.3, 0.4) is 0 Å². The molecule has 3 N–H and O–H groups in total. The molecule has 0 saturated heterocycles. The molecule has 1 saturated carbocycles. The molecule has 3 aromatic rings. The van der Waals surface area contributed by atoms with Gasteiger partial charge in [-0.1, -0.05) is 42.7 Å². The van der Waals surface area contributed by atoms with Gasteiger partial charge in [-0.25, -0.2) is 0 Å². The maximum Gasteiger partial charge on any atom is 0.276 e. The fraction of sp³-hybridized carbons (Fsp3) is 0.391. The average Bonchev–Trinajstić information content (AvgIpc) is 3.38. The van der Waals surface area contributed by atoms with Crippen LogP contribution in [0.4, 0.5) is 0 Å². The molecule has 0 bridgehead atoms. The first-order chi connectivity index (χ1) is 14.9. The van der Waals surface area contributed by atoms with Crippen molar-refractivity contribution < 1.29 is 9.90 Å². The molecule has 2 aromatic heterocycles. The normalized spacial score (nSPS) is 15.2. The number of rotatable bonds is 6. The number of amides is 1. The minimum Gasteiger partial charge on any atom is -0.503 e. The van der Waals surface area contributed by atoms with Crippen LogP contribution in [0, 0.1) is 13.8 Å². The fourth-order valence-electron chi connectivity index (χ4n) is 4.45. The lowest BCUT2D eigenvalue weighted by atomic mass is 9.78. The highest BCUT2D eigenvalue weighted by Gasteiger charge is 2.36. The van der Waals surface area contributed by atoms with Gasteiger partial charge in [-0.3, -0.25) is 19.4 Å². The number of aromatic amines is 1. The van der Waals surface area contributed by atoms with Crippen molar-refractivity contribution in [3.05, 3.63) is 75.0 Å².